The molecule has 1 N–H and O–H groups in total. The summed E-state index contributed by atoms with van der Waals surface area (Å²) in [7, 11) is 0. The van der Waals surface area contributed by atoms with Crippen LogP contribution in [0.15, 0.2) is 54.9 Å². The fourth-order valence-corrected chi connectivity index (χ4v) is 3.30. The monoisotopic (exact) mass is 415 g/mol. The maximum atomic E-state index is 13.0. The molecule has 1 amide bonds. The van der Waals surface area contributed by atoms with Crippen molar-refractivity contribution in [1.82, 2.24) is 19.4 Å². The van der Waals surface area contributed by atoms with E-state index in [1.807, 2.05) is 62.7 Å². The molecule has 0 aliphatic rings. The zero-order chi connectivity index (χ0) is 22.0. The fourth-order valence-electron chi connectivity index (χ4n) is 3.30. The van der Waals surface area contributed by atoms with Gasteiger partial charge in [-0.1, -0.05) is 32.0 Å². The van der Waals surface area contributed by atoms with Crippen LogP contribution in [0, 0.1) is 13.8 Å². The average Bonchev–Trinajstić information content (AvgIpc) is 3.16. The number of aromatic nitrogens is 4. The summed E-state index contributed by atoms with van der Waals surface area (Å²) in [4.78, 5) is 26.5. The number of aryl methyl sites for hydroxylation is 2. The summed E-state index contributed by atoms with van der Waals surface area (Å²) in [6.07, 6.45) is 3.89. The molecule has 0 spiro atoms. The van der Waals surface area contributed by atoms with Gasteiger partial charge >= 0.3 is 0 Å². The van der Waals surface area contributed by atoms with Crippen LogP contribution in [0.4, 0.5) is 5.82 Å². The Morgan fingerprint density at radius 2 is 1.90 bits per heavy atom. The third kappa shape index (κ3) is 4.55. The molecule has 158 valence electrons. The number of ether oxygens (including phenoxy) is 1. The van der Waals surface area contributed by atoms with E-state index in [4.69, 9.17) is 4.74 Å². The molecule has 7 nitrogen and oxygen atoms in total. The van der Waals surface area contributed by atoms with Crippen LogP contribution < -0.4 is 10.1 Å². The molecule has 4 aromatic rings. The summed E-state index contributed by atoms with van der Waals surface area (Å²) >= 11 is 0. The molecular weight excluding hydrogens is 390 g/mol. The Kier molecular flexibility index (Phi) is 5.66. The first-order chi connectivity index (χ1) is 14.9. The van der Waals surface area contributed by atoms with Gasteiger partial charge in [-0.3, -0.25) is 4.79 Å². The molecule has 0 saturated heterocycles. The highest BCUT2D eigenvalue weighted by molar-refractivity contribution is 6.05. The van der Waals surface area contributed by atoms with E-state index < -0.39 is 0 Å². The number of hydrogen-bond acceptors (Lipinski definition) is 5. The average molecular weight is 415 g/mol. The molecule has 1 aromatic carbocycles. The number of carbonyl (C=O) groups excluding carboxylic acids is 1. The van der Waals surface area contributed by atoms with Crippen LogP contribution in [0.2, 0.25) is 0 Å². The molecule has 0 radical (unpaired) electrons. The Bertz CT molecular complexity index is 1250. The number of anilines is 1. The zero-order valence-electron chi connectivity index (χ0n) is 18.1. The van der Waals surface area contributed by atoms with Crippen LogP contribution >= 0.6 is 0 Å². The highest BCUT2D eigenvalue weighted by Crippen LogP contribution is 2.22. The maximum Gasteiger partial charge on any atom is 0.260 e. The van der Waals surface area contributed by atoms with E-state index in [0.717, 1.165) is 22.6 Å². The van der Waals surface area contributed by atoms with Gasteiger partial charge in [-0.05, 0) is 37.6 Å². The van der Waals surface area contributed by atoms with Gasteiger partial charge in [0.15, 0.2) is 0 Å². The van der Waals surface area contributed by atoms with Gasteiger partial charge in [0.2, 0.25) is 0 Å². The Morgan fingerprint density at radius 1 is 1.10 bits per heavy atom. The van der Waals surface area contributed by atoms with Crippen LogP contribution in [0.3, 0.4) is 0 Å². The molecule has 0 bridgehead atoms. The van der Waals surface area contributed by atoms with Crippen molar-refractivity contribution in [1.29, 1.82) is 0 Å². The van der Waals surface area contributed by atoms with Gasteiger partial charge in [-0.2, -0.15) is 0 Å². The maximum absolute atomic E-state index is 13.0. The van der Waals surface area contributed by atoms with Crippen LogP contribution in [0.25, 0.3) is 5.65 Å². The summed E-state index contributed by atoms with van der Waals surface area (Å²) in [6.45, 7) is 8.20. The second kappa shape index (κ2) is 8.55. The van der Waals surface area contributed by atoms with Crippen molar-refractivity contribution in [2.24, 2.45) is 0 Å². The van der Waals surface area contributed by atoms with Gasteiger partial charge in [0, 0.05) is 30.1 Å². The van der Waals surface area contributed by atoms with E-state index in [2.05, 4.69) is 20.3 Å². The van der Waals surface area contributed by atoms with Crippen molar-refractivity contribution >= 4 is 17.4 Å². The fraction of sp³-hybridized carbons (Fsp3) is 0.250. The number of para-hydroxylation sites is 1. The predicted octanol–water partition coefficient (Wildman–Crippen LogP) is 4.70. The number of pyridine rings is 1. The van der Waals surface area contributed by atoms with E-state index in [1.165, 1.54) is 0 Å². The molecule has 3 aromatic heterocycles. The number of fused-ring (bicyclic) bond motifs is 1. The summed E-state index contributed by atoms with van der Waals surface area (Å²) in [5.74, 6) is 1.55. The van der Waals surface area contributed by atoms with Crippen molar-refractivity contribution in [3.63, 3.8) is 0 Å². The van der Waals surface area contributed by atoms with E-state index in [0.29, 0.717) is 23.0 Å². The van der Waals surface area contributed by atoms with Crippen molar-refractivity contribution < 1.29 is 9.53 Å². The SMILES string of the molecule is Cc1cc(NC(=O)c2ccccc2OCc2cn3cccc(C)c3n2)nc(C(C)C)n1. The highest BCUT2D eigenvalue weighted by Gasteiger charge is 2.15. The highest BCUT2D eigenvalue weighted by atomic mass is 16.5. The minimum absolute atomic E-state index is 0.167. The molecule has 7 heteroatoms. The van der Waals surface area contributed by atoms with Crippen LogP contribution in [-0.2, 0) is 6.61 Å². The van der Waals surface area contributed by atoms with Gasteiger partial charge in [0.05, 0.1) is 11.3 Å². The molecule has 0 atom stereocenters. The molecule has 0 aliphatic heterocycles. The van der Waals surface area contributed by atoms with E-state index in [1.54, 1.807) is 24.3 Å². The van der Waals surface area contributed by atoms with Gasteiger partial charge in [-0.15, -0.1) is 0 Å². The minimum atomic E-state index is -0.283. The second-order valence-corrected chi connectivity index (χ2v) is 7.80. The number of nitrogens with zero attached hydrogens (tertiary/aromatic N) is 4. The minimum Gasteiger partial charge on any atom is -0.486 e. The largest absolute Gasteiger partial charge is 0.486 e. The molecular formula is C24H25N5O2. The van der Waals surface area contributed by atoms with Gasteiger partial charge in [0.1, 0.15) is 29.6 Å². The van der Waals surface area contributed by atoms with Gasteiger partial charge in [-0.25, -0.2) is 15.0 Å². The van der Waals surface area contributed by atoms with Gasteiger partial charge < -0.3 is 14.5 Å². The summed E-state index contributed by atoms with van der Waals surface area (Å²) in [5, 5.41) is 2.87. The predicted molar refractivity (Wildman–Crippen MR) is 120 cm³/mol. The quantitative estimate of drug-likeness (QED) is 0.494. The zero-order valence-corrected chi connectivity index (χ0v) is 18.1. The van der Waals surface area contributed by atoms with E-state index in [9.17, 15) is 4.79 Å². The lowest BCUT2D eigenvalue weighted by atomic mass is 10.2. The van der Waals surface area contributed by atoms with Crippen LogP contribution in [-0.4, -0.2) is 25.3 Å². The number of hydrogen-bond donors (Lipinski definition) is 1. The number of amides is 1. The van der Waals surface area contributed by atoms with Crippen molar-refractivity contribution in [3.05, 3.63) is 83.2 Å². The Labute approximate surface area is 181 Å². The normalized spacial score (nSPS) is 11.1. The standard InChI is InChI=1S/C24H25N5O2/c1-15(2)22-25-17(4)12-21(27-22)28-24(30)19-9-5-6-10-20(19)31-14-18-13-29-11-7-8-16(3)23(29)26-18/h5-13,15H,14H2,1-4H3,(H,25,27,28,30). The molecule has 31 heavy (non-hydrogen) atoms. The number of benzene rings is 1. The smallest absolute Gasteiger partial charge is 0.260 e. The third-order valence-electron chi connectivity index (χ3n) is 4.86. The second-order valence-electron chi connectivity index (χ2n) is 7.80. The Hall–Kier alpha value is -3.74. The first-order valence-electron chi connectivity index (χ1n) is 10.2. The first kappa shape index (κ1) is 20.5. The number of imidazole rings is 1. The number of carbonyl (C=O) groups is 1. The van der Waals surface area contributed by atoms with Gasteiger partial charge in [0.25, 0.3) is 5.91 Å². The summed E-state index contributed by atoms with van der Waals surface area (Å²) < 4.78 is 7.94. The van der Waals surface area contributed by atoms with E-state index in [-0.39, 0.29) is 18.4 Å². The molecule has 3 heterocycles. The lowest BCUT2D eigenvalue weighted by molar-refractivity contribution is 0.102. The van der Waals surface area contributed by atoms with E-state index >= 15 is 0 Å². The molecule has 0 fully saturated rings. The Balaban J connectivity index is 1.52. The molecule has 0 aliphatic carbocycles. The number of rotatable bonds is 6. The summed E-state index contributed by atoms with van der Waals surface area (Å²) in [6, 6.07) is 12.9. The first-order valence-corrected chi connectivity index (χ1v) is 10.2. The number of nitrogens with one attached hydrogen (secondary N) is 1. The van der Waals surface area contributed by atoms with Crippen molar-refractivity contribution in [2.45, 2.75) is 40.2 Å². The topological polar surface area (TPSA) is 81.4 Å². The van der Waals surface area contributed by atoms with Crippen LogP contribution in [0.5, 0.6) is 5.75 Å². The lowest BCUT2D eigenvalue weighted by Gasteiger charge is -2.12. The molecule has 0 saturated carbocycles. The molecule has 4 rings (SSSR count). The third-order valence-corrected chi connectivity index (χ3v) is 4.86. The lowest BCUT2D eigenvalue weighted by Crippen LogP contribution is -2.16. The van der Waals surface area contributed by atoms with Crippen molar-refractivity contribution in [2.75, 3.05) is 5.32 Å². The van der Waals surface area contributed by atoms with Crippen molar-refractivity contribution in [3.8, 4) is 5.75 Å². The Morgan fingerprint density at radius 3 is 2.68 bits per heavy atom. The summed E-state index contributed by atoms with van der Waals surface area (Å²) in [5.41, 5.74) is 4.02. The van der Waals surface area contributed by atoms with Crippen LogP contribution in [0.1, 0.15) is 52.9 Å². The molecule has 0 unspecified atom stereocenters.